The lowest BCUT2D eigenvalue weighted by molar-refractivity contribution is 0.0507. The Hall–Kier alpha value is -3.67. The second-order valence-electron chi connectivity index (χ2n) is 8.60. The lowest BCUT2D eigenvalue weighted by Gasteiger charge is -2.28. The normalized spacial score (nSPS) is 15.2. The van der Waals surface area contributed by atoms with E-state index in [2.05, 4.69) is 18.8 Å². The van der Waals surface area contributed by atoms with Gasteiger partial charge in [-0.1, -0.05) is 26.0 Å². The molecule has 0 fully saturated rings. The average Bonchev–Trinajstić information content (AvgIpc) is 3.06. The van der Waals surface area contributed by atoms with Crippen LogP contribution in [0.4, 0.5) is 0 Å². The van der Waals surface area contributed by atoms with Gasteiger partial charge in [-0.3, -0.25) is 19.5 Å². The second-order valence-corrected chi connectivity index (χ2v) is 8.60. The van der Waals surface area contributed by atoms with Crippen LogP contribution in [0.1, 0.15) is 46.5 Å². The number of hydrogen-bond acceptors (Lipinski definition) is 5. The van der Waals surface area contributed by atoms with Gasteiger partial charge >= 0.3 is 0 Å². The standard InChI is InChI=1S/C26H24N2O4/c1-16(2)11-18(28-25(29)22-5-3-4-6-23(22)26(28)30)15-31-19-7-8-21-20-9-10-27-13-17(20)14-32-24(21)12-19/h3-10,12-13,16,18H,11,14-15H2,1-2H3. The maximum absolute atomic E-state index is 13.0. The van der Waals surface area contributed by atoms with Gasteiger partial charge in [-0.15, -0.1) is 0 Å². The van der Waals surface area contributed by atoms with Crippen LogP contribution in [0.2, 0.25) is 0 Å². The monoisotopic (exact) mass is 428 g/mol. The third-order valence-electron chi connectivity index (χ3n) is 5.91. The van der Waals surface area contributed by atoms with Crippen molar-refractivity contribution in [1.82, 2.24) is 9.88 Å². The molecule has 1 aromatic heterocycles. The first-order chi connectivity index (χ1) is 15.5. The largest absolute Gasteiger partial charge is 0.491 e. The lowest BCUT2D eigenvalue weighted by atomic mass is 9.99. The third kappa shape index (κ3) is 3.51. The van der Waals surface area contributed by atoms with Crippen LogP contribution < -0.4 is 9.47 Å². The van der Waals surface area contributed by atoms with E-state index in [1.807, 2.05) is 30.5 Å². The van der Waals surface area contributed by atoms with E-state index >= 15 is 0 Å². The summed E-state index contributed by atoms with van der Waals surface area (Å²) >= 11 is 0. The minimum atomic E-state index is -0.355. The number of imide groups is 1. The number of hydrogen-bond donors (Lipinski definition) is 0. The molecule has 0 bridgehead atoms. The predicted octanol–water partition coefficient (Wildman–Crippen LogP) is 4.73. The molecule has 0 aliphatic carbocycles. The number of nitrogens with zero attached hydrogens (tertiary/aromatic N) is 2. The van der Waals surface area contributed by atoms with Gasteiger partial charge in [0.25, 0.3) is 11.8 Å². The van der Waals surface area contributed by atoms with Crippen LogP contribution in [-0.2, 0) is 6.61 Å². The second kappa shape index (κ2) is 8.11. The van der Waals surface area contributed by atoms with Crippen molar-refractivity contribution in [2.24, 2.45) is 5.92 Å². The number of benzene rings is 2. The molecule has 0 N–H and O–H groups in total. The van der Waals surface area contributed by atoms with Crippen molar-refractivity contribution in [2.45, 2.75) is 32.9 Å². The first-order valence-electron chi connectivity index (χ1n) is 10.8. The van der Waals surface area contributed by atoms with Crippen molar-refractivity contribution in [2.75, 3.05) is 6.61 Å². The molecule has 5 rings (SSSR count). The number of carbonyl (C=O) groups excluding carboxylic acids is 2. The number of pyridine rings is 1. The highest BCUT2D eigenvalue weighted by atomic mass is 16.5. The van der Waals surface area contributed by atoms with Crippen LogP contribution in [0.15, 0.2) is 60.9 Å². The zero-order valence-electron chi connectivity index (χ0n) is 18.1. The number of carbonyl (C=O) groups is 2. The SMILES string of the molecule is CC(C)CC(COc1ccc2c(c1)OCc1cnccc1-2)N1C(=O)c2ccccc2C1=O. The molecule has 32 heavy (non-hydrogen) atoms. The Morgan fingerprint density at radius 1 is 1.00 bits per heavy atom. The molecule has 0 saturated carbocycles. The zero-order chi connectivity index (χ0) is 22.2. The fraction of sp³-hybridized carbons (Fsp3) is 0.269. The van der Waals surface area contributed by atoms with Crippen LogP contribution in [0.3, 0.4) is 0 Å². The Morgan fingerprint density at radius 3 is 2.47 bits per heavy atom. The van der Waals surface area contributed by atoms with Crippen LogP contribution in [0.25, 0.3) is 11.1 Å². The predicted molar refractivity (Wildman–Crippen MR) is 120 cm³/mol. The number of fused-ring (bicyclic) bond motifs is 4. The molecule has 2 aliphatic heterocycles. The fourth-order valence-corrected chi connectivity index (χ4v) is 4.42. The molecule has 0 saturated heterocycles. The smallest absolute Gasteiger partial charge is 0.261 e. The Balaban J connectivity index is 1.37. The van der Waals surface area contributed by atoms with Gasteiger partial charge in [-0.2, -0.15) is 0 Å². The van der Waals surface area contributed by atoms with E-state index in [0.29, 0.717) is 35.8 Å². The highest BCUT2D eigenvalue weighted by Crippen LogP contribution is 2.39. The van der Waals surface area contributed by atoms with Crippen molar-refractivity contribution in [3.8, 4) is 22.6 Å². The number of aromatic nitrogens is 1. The Kier molecular flexibility index (Phi) is 5.13. The summed E-state index contributed by atoms with van der Waals surface area (Å²) in [6.07, 6.45) is 4.26. The van der Waals surface area contributed by atoms with Crippen LogP contribution in [0.5, 0.6) is 11.5 Å². The Morgan fingerprint density at radius 2 is 1.75 bits per heavy atom. The molecule has 2 aromatic carbocycles. The Bertz CT molecular complexity index is 1170. The van der Waals surface area contributed by atoms with Gasteiger partial charge in [0, 0.05) is 29.6 Å². The van der Waals surface area contributed by atoms with Crippen LogP contribution in [-0.4, -0.2) is 34.3 Å². The molecule has 1 unspecified atom stereocenters. The van der Waals surface area contributed by atoms with Gasteiger partial charge in [0.1, 0.15) is 24.7 Å². The van der Waals surface area contributed by atoms with Gasteiger partial charge in [0.2, 0.25) is 0 Å². The van der Waals surface area contributed by atoms with E-state index in [0.717, 1.165) is 22.4 Å². The summed E-state index contributed by atoms with van der Waals surface area (Å²) in [6.45, 7) is 4.84. The molecule has 6 nitrogen and oxygen atoms in total. The van der Waals surface area contributed by atoms with Gasteiger partial charge < -0.3 is 9.47 Å². The molecular weight excluding hydrogens is 404 g/mol. The van der Waals surface area contributed by atoms with Gasteiger partial charge in [0.15, 0.2) is 0 Å². The molecule has 2 amide bonds. The molecular formula is C26H24N2O4. The maximum Gasteiger partial charge on any atom is 0.261 e. The van der Waals surface area contributed by atoms with E-state index in [4.69, 9.17) is 9.47 Å². The first-order valence-corrected chi connectivity index (χ1v) is 10.8. The minimum absolute atomic E-state index is 0.225. The third-order valence-corrected chi connectivity index (χ3v) is 5.91. The van der Waals surface area contributed by atoms with Crippen molar-refractivity contribution in [1.29, 1.82) is 0 Å². The van der Waals surface area contributed by atoms with E-state index in [9.17, 15) is 9.59 Å². The maximum atomic E-state index is 13.0. The average molecular weight is 428 g/mol. The van der Waals surface area contributed by atoms with Crippen molar-refractivity contribution >= 4 is 11.8 Å². The number of amides is 2. The fourth-order valence-electron chi connectivity index (χ4n) is 4.42. The van der Waals surface area contributed by atoms with E-state index in [-0.39, 0.29) is 24.5 Å². The molecule has 3 aromatic rings. The summed E-state index contributed by atoms with van der Waals surface area (Å²) < 4.78 is 12.0. The highest BCUT2D eigenvalue weighted by Gasteiger charge is 2.40. The molecule has 162 valence electrons. The minimum Gasteiger partial charge on any atom is -0.491 e. The quantitative estimate of drug-likeness (QED) is 0.531. The van der Waals surface area contributed by atoms with Gasteiger partial charge in [0.05, 0.1) is 17.2 Å². The van der Waals surface area contributed by atoms with Crippen molar-refractivity contribution < 1.29 is 19.1 Å². The molecule has 0 spiro atoms. The van der Waals surface area contributed by atoms with Crippen LogP contribution in [0, 0.1) is 5.92 Å². The molecule has 0 radical (unpaired) electrons. The molecule has 3 heterocycles. The molecule has 6 heteroatoms. The van der Waals surface area contributed by atoms with E-state index in [1.54, 1.807) is 30.5 Å². The summed E-state index contributed by atoms with van der Waals surface area (Å²) in [6, 6.07) is 14.3. The van der Waals surface area contributed by atoms with Crippen LogP contribution >= 0.6 is 0 Å². The summed E-state index contributed by atoms with van der Waals surface area (Å²) in [5.74, 6) is 1.19. The lowest BCUT2D eigenvalue weighted by Crippen LogP contribution is -2.44. The topological polar surface area (TPSA) is 68.7 Å². The zero-order valence-corrected chi connectivity index (χ0v) is 18.1. The Labute approximate surface area is 186 Å². The molecule has 2 aliphatic rings. The highest BCUT2D eigenvalue weighted by molar-refractivity contribution is 6.21. The summed E-state index contributed by atoms with van der Waals surface area (Å²) in [5.41, 5.74) is 4.08. The number of ether oxygens (including phenoxy) is 2. The summed E-state index contributed by atoms with van der Waals surface area (Å²) in [4.78, 5) is 31.5. The van der Waals surface area contributed by atoms with Gasteiger partial charge in [-0.25, -0.2) is 0 Å². The van der Waals surface area contributed by atoms with E-state index < -0.39 is 0 Å². The first kappa shape index (κ1) is 20.2. The number of rotatable bonds is 6. The summed E-state index contributed by atoms with van der Waals surface area (Å²) in [7, 11) is 0. The van der Waals surface area contributed by atoms with Crippen molar-refractivity contribution in [3.63, 3.8) is 0 Å². The van der Waals surface area contributed by atoms with E-state index in [1.165, 1.54) is 4.90 Å². The molecule has 1 atom stereocenters. The van der Waals surface area contributed by atoms with Gasteiger partial charge in [-0.05, 0) is 48.2 Å². The summed E-state index contributed by atoms with van der Waals surface area (Å²) in [5, 5.41) is 0. The van der Waals surface area contributed by atoms with Crippen molar-refractivity contribution in [3.05, 3.63) is 77.6 Å².